The van der Waals surface area contributed by atoms with E-state index in [1.807, 2.05) is 0 Å². The molecule has 16 heavy (non-hydrogen) atoms. The Hall–Kier alpha value is -0.740. The number of benzene rings is 1. The van der Waals surface area contributed by atoms with E-state index in [0.29, 0.717) is 10.6 Å². The van der Waals surface area contributed by atoms with Gasteiger partial charge in [-0.25, -0.2) is 0 Å². The molecule has 1 nitrogen and oxygen atoms in total. The van der Waals surface area contributed by atoms with E-state index in [1.54, 1.807) is 24.3 Å². The van der Waals surface area contributed by atoms with Crippen LogP contribution in [0.25, 0.3) is 0 Å². The summed E-state index contributed by atoms with van der Waals surface area (Å²) in [6.45, 7) is 1.14. The lowest BCUT2D eigenvalue weighted by Crippen LogP contribution is -2.54. The van der Waals surface area contributed by atoms with Gasteiger partial charge in [0.05, 0.1) is 0 Å². The molecule has 1 aromatic carbocycles. The lowest BCUT2D eigenvalue weighted by Gasteiger charge is -2.31. The van der Waals surface area contributed by atoms with Crippen LogP contribution in [0.4, 0.5) is 13.2 Å². The molecule has 0 spiro atoms. The van der Waals surface area contributed by atoms with E-state index in [-0.39, 0.29) is 6.42 Å². The largest absolute Gasteiger partial charge is 0.406 e. The van der Waals surface area contributed by atoms with Gasteiger partial charge in [0.25, 0.3) is 0 Å². The zero-order valence-corrected chi connectivity index (χ0v) is 9.78. The van der Waals surface area contributed by atoms with Crippen molar-refractivity contribution in [2.45, 2.75) is 25.1 Å². The summed E-state index contributed by atoms with van der Waals surface area (Å²) in [7, 11) is 1.31. The van der Waals surface area contributed by atoms with Crippen molar-refractivity contribution in [1.82, 2.24) is 5.32 Å². The average Bonchev–Trinajstić information content (AvgIpc) is 2.19. The first-order valence-electron chi connectivity index (χ1n) is 4.78. The van der Waals surface area contributed by atoms with Crippen LogP contribution in [0.1, 0.15) is 12.5 Å². The molecule has 0 aliphatic carbocycles. The quantitative estimate of drug-likeness (QED) is 0.868. The molecule has 1 rings (SSSR count). The number of hydrogen-bond acceptors (Lipinski definition) is 1. The molecule has 0 fully saturated rings. The second kappa shape index (κ2) is 4.63. The van der Waals surface area contributed by atoms with E-state index in [1.165, 1.54) is 7.05 Å². The molecular formula is C11H13ClF3N. The van der Waals surface area contributed by atoms with E-state index in [4.69, 9.17) is 11.6 Å². The minimum atomic E-state index is -4.29. The van der Waals surface area contributed by atoms with Gasteiger partial charge in [0.2, 0.25) is 0 Å². The summed E-state index contributed by atoms with van der Waals surface area (Å²) in [5, 5.41) is 2.84. The first-order chi connectivity index (χ1) is 7.28. The molecule has 0 saturated carbocycles. The van der Waals surface area contributed by atoms with E-state index < -0.39 is 11.7 Å². The van der Waals surface area contributed by atoms with Gasteiger partial charge in [-0.2, -0.15) is 13.2 Å². The lowest BCUT2D eigenvalue weighted by atomic mass is 9.92. The maximum Gasteiger partial charge on any atom is 0.406 e. The topological polar surface area (TPSA) is 12.0 Å². The van der Waals surface area contributed by atoms with Crippen molar-refractivity contribution in [3.8, 4) is 0 Å². The Morgan fingerprint density at radius 3 is 2.06 bits per heavy atom. The Bertz CT molecular complexity index is 347. The van der Waals surface area contributed by atoms with E-state index in [0.717, 1.165) is 6.92 Å². The van der Waals surface area contributed by atoms with Gasteiger partial charge in [-0.1, -0.05) is 23.7 Å². The van der Waals surface area contributed by atoms with Crippen LogP contribution >= 0.6 is 11.6 Å². The van der Waals surface area contributed by atoms with Crippen molar-refractivity contribution < 1.29 is 13.2 Å². The highest BCUT2D eigenvalue weighted by atomic mass is 35.5. The van der Waals surface area contributed by atoms with Gasteiger partial charge in [0, 0.05) is 5.02 Å². The molecule has 0 radical (unpaired) electrons. The van der Waals surface area contributed by atoms with Crippen LogP contribution < -0.4 is 5.32 Å². The minimum Gasteiger partial charge on any atom is -0.307 e. The van der Waals surface area contributed by atoms with Crippen molar-refractivity contribution in [2.75, 3.05) is 7.05 Å². The van der Waals surface area contributed by atoms with Gasteiger partial charge < -0.3 is 5.32 Å². The van der Waals surface area contributed by atoms with Crippen molar-refractivity contribution in [2.24, 2.45) is 0 Å². The molecule has 0 bridgehead atoms. The molecule has 0 saturated heterocycles. The first kappa shape index (κ1) is 13.3. The summed E-state index contributed by atoms with van der Waals surface area (Å²) in [5.41, 5.74) is -1.32. The smallest absolute Gasteiger partial charge is 0.307 e. The van der Waals surface area contributed by atoms with Crippen molar-refractivity contribution in [3.63, 3.8) is 0 Å². The third kappa shape index (κ3) is 2.89. The number of likely N-dealkylation sites (N-methyl/N-ethyl adjacent to an activating group) is 1. The Morgan fingerprint density at radius 2 is 1.69 bits per heavy atom. The Labute approximate surface area is 97.6 Å². The molecule has 0 amide bonds. The molecule has 0 aliphatic rings. The fourth-order valence-electron chi connectivity index (χ4n) is 1.34. The predicted molar refractivity (Wildman–Crippen MR) is 58.7 cm³/mol. The zero-order valence-electron chi connectivity index (χ0n) is 9.03. The van der Waals surface area contributed by atoms with Crippen LogP contribution in [0, 0.1) is 0 Å². The van der Waals surface area contributed by atoms with Crippen LogP contribution in [-0.2, 0) is 6.42 Å². The fraction of sp³-hybridized carbons (Fsp3) is 0.455. The van der Waals surface area contributed by atoms with Crippen molar-refractivity contribution in [3.05, 3.63) is 34.9 Å². The normalized spacial score (nSPS) is 15.9. The van der Waals surface area contributed by atoms with E-state index >= 15 is 0 Å². The van der Waals surface area contributed by atoms with Crippen LogP contribution in [0.15, 0.2) is 24.3 Å². The lowest BCUT2D eigenvalue weighted by molar-refractivity contribution is -0.189. The molecule has 1 unspecified atom stereocenters. The van der Waals surface area contributed by atoms with Crippen LogP contribution in [-0.4, -0.2) is 18.8 Å². The first-order valence-corrected chi connectivity index (χ1v) is 5.16. The molecule has 0 aliphatic heterocycles. The SMILES string of the molecule is CNC(C)(Cc1ccc(Cl)cc1)C(F)(F)F. The number of alkyl halides is 3. The second-order valence-electron chi connectivity index (χ2n) is 3.88. The highest BCUT2D eigenvalue weighted by molar-refractivity contribution is 6.30. The number of nitrogens with one attached hydrogen (secondary N) is 1. The third-order valence-electron chi connectivity index (χ3n) is 2.65. The third-order valence-corrected chi connectivity index (χ3v) is 2.90. The van der Waals surface area contributed by atoms with Crippen LogP contribution in [0.5, 0.6) is 0 Å². The van der Waals surface area contributed by atoms with E-state index in [2.05, 4.69) is 5.32 Å². The molecule has 1 aromatic rings. The predicted octanol–water partition coefficient (Wildman–Crippen LogP) is 3.42. The molecule has 0 aromatic heterocycles. The number of hydrogen-bond donors (Lipinski definition) is 1. The van der Waals surface area contributed by atoms with Gasteiger partial charge in [-0.15, -0.1) is 0 Å². The van der Waals surface area contributed by atoms with Crippen molar-refractivity contribution >= 4 is 11.6 Å². The minimum absolute atomic E-state index is 0.121. The van der Waals surface area contributed by atoms with Gasteiger partial charge in [-0.05, 0) is 38.1 Å². The molecule has 0 heterocycles. The van der Waals surface area contributed by atoms with Gasteiger partial charge in [0.1, 0.15) is 5.54 Å². The molecule has 90 valence electrons. The molecule has 1 N–H and O–H groups in total. The molecule has 1 atom stereocenters. The Morgan fingerprint density at radius 1 is 1.19 bits per heavy atom. The van der Waals surface area contributed by atoms with Gasteiger partial charge in [0.15, 0.2) is 0 Å². The van der Waals surface area contributed by atoms with Crippen LogP contribution in [0.2, 0.25) is 5.02 Å². The van der Waals surface area contributed by atoms with Gasteiger partial charge in [-0.3, -0.25) is 0 Å². The number of halogens is 4. The second-order valence-corrected chi connectivity index (χ2v) is 4.32. The van der Waals surface area contributed by atoms with Crippen LogP contribution in [0.3, 0.4) is 0 Å². The summed E-state index contributed by atoms with van der Waals surface area (Å²) in [6.07, 6.45) is -4.41. The number of rotatable bonds is 3. The van der Waals surface area contributed by atoms with E-state index in [9.17, 15) is 13.2 Å². The standard InChI is InChI=1S/C11H13ClF3N/c1-10(16-2,11(13,14)15)7-8-3-5-9(12)6-4-8/h3-6,16H,7H2,1-2H3. The molecule has 5 heteroatoms. The highest BCUT2D eigenvalue weighted by Crippen LogP contribution is 2.32. The fourth-order valence-corrected chi connectivity index (χ4v) is 1.47. The summed E-state index contributed by atoms with van der Waals surface area (Å²) in [5.74, 6) is 0. The Kier molecular flexibility index (Phi) is 3.86. The van der Waals surface area contributed by atoms with Gasteiger partial charge >= 0.3 is 6.18 Å². The maximum absolute atomic E-state index is 12.8. The maximum atomic E-state index is 12.8. The zero-order chi connectivity index (χ0) is 12.4. The summed E-state index contributed by atoms with van der Waals surface area (Å²) in [6, 6.07) is 6.38. The summed E-state index contributed by atoms with van der Waals surface area (Å²) in [4.78, 5) is 0. The summed E-state index contributed by atoms with van der Waals surface area (Å²) < 4.78 is 38.3. The molecular weight excluding hydrogens is 239 g/mol. The highest BCUT2D eigenvalue weighted by Gasteiger charge is 2.49. The monoisotopic (exact) mass is 251 g/mol. The van der Waals surface area contributed by atoms with Crippen molar-refractivity contribution in [1.29, 1.82) is 0 Å². The average molecular weight is 252 g/mol. The Balaban J connectivity index is 2.89. The summed E-state index contributed by atoms with van der Waals surface area (Å²) >= 11 is 5.67.